The predicted molar refractivity (Wildman–Crippen MR) is 102 cm³/mol. The number of anilines is 1. The monoisotopic (exact) mass is 443 g/mol. The van der Waals surface area contributed by atoms with E-state index in [-0.39, 0.29) is 23.9 Å². The summed E-state index contributed by atoms with van der Waals surface area (Å²) in [6.45, 7) is 3.34. The first-order valence-electron chi connectivity index (χ1n) is 8.93. The summed E-state index contributed by atoms with van der Waals surface area (Å²) in [5, 5.41) is 10.6. The van der Waals surface area contributed by atoms with E-state index in [0.717, 1.165) is 10.7 Å². The minimum absolute atomic E-state index is 0.0142. The molecule has 30 heavy (non-hydrogen) atoms. The van der Waals surface area contributed by atoms with Gasteiger partial charge in [0.2, 0.25) is 5.91 Å². The summed E-state index contributed by atoms with van der Waals surface area (Å²) in [6.07, 6.45) is -2.92. The van der Waals surface area contributed by atoms with Crippen LogP contribution in [0.2, 0.25) is 5.02 Å². The number of alkyl halides is 3. The Balaban J connectivity index is 1.61. The van der Waals surface area contributed by atoms with Crippen molar-refractivity contribution in [1.29, 1.82) is 0 Å². The number of halogens is 5. The second-order valence-corrected chi connectivity index (χ2v) is 7.28. The average Bonchev–Trinajstić information content (AvgIpc) is 3.24. The number of carbonyl (C=O) groups is 1. The molecule has 0 spiro atoms. The Morgan fingerprint density at radius 1 is 1.23 bits per heavy atom. The zero-order valence-electron chi connectivity index (χ0n) is 16.0. The van der Waals surface area contributed by atoms with Crippen molar-refractivity contribution in [3.05, 3.63) is 64.3 Å². The predicted octanol–water partition coefficient (Wildman–Crippen LogP) is 4.52. The fraction of sp³-hybridized carbons (Fsp3) is 0.316. The van der Waals surface area contributed by atoms with Crippen molar-refractivity contribution in [2.75, 3.05) is 5.32 Å². The molecule has 3 rings (SSSR count). The van der Waals surface area contributed by atoms with Gasteiger partial charge in [-0.05, 0) is 30.7 Å². The average molecular weight is 444 g/mol. The van der Waals surface area contributed by atoms with Crippen molar-refractivity contribution in [2.24, 2.45) is 5.92 Å². The van der Waals surface area contributed by atoms with Crippen molar-refractivity contribution >= 4 is 23.3 Å². The first kappa shape index (κ1) is 21.8. The number of aromatic nitrogens is 4. The first-order valence-corrected chi connectivity index (χ1v) is 9.30. The highest BCUT2D eigenvalue weighted by atomic mass is 35.5. The van der Waals surface area contributed by atoms with Crippen LogP contribution in [0, 0.1) is 18.7 Å². The molecule has 6 nitrogen and oxygen atoms in total. The summed E-state index contributed by atoms with van der Waals surface area (Å²) >= 11 is 6.00. The summed E-state index contributed by atoms with van der Waals surface area (Å²) in [7, 11) is 0. The second kappa shape index (κ2) is 8.47. The molecule has 0 aliphatic carbocycles. The third kappa shape index (κ3) is 5.18. The molecule has 1 aromatic carbocycles. The lowest BCUT2D eigenvalue weighted by molar-refractivity contribution is -0.141. The van der Waals surface area contributed by atoms with Gasteiger partial charge in [0.05, 0.1) is 19.0 Å². The summed E-state index contributed by atoms with van der Waals surface area (Å²) in [5.74, 6) is -1.23. The number of hydrogen-bond acceptors (Lipinski definition) is 3. The fourth-order valence-corrected chi connectivity index (χ4v) is 2.99. The molecule has 0 saturated heterocycles. The first-order chi connectivity index (χ1) is 14.0. The van der Waals surface area contributed by atoms with Crippen LogP contribution in [-0.2, 0) is 24.1 Å². The Bertz CT molecular complexity index is 1060. The van der Waals surface area contributed by atoms with Crippen molar-refractivity contribution in [3.63, 3.8) is 0 Å². The van der Waals surface area contributed by atoms with Gasteiger partial charge in [0.1, 0.15) is 5.82 Å². The number of amides is 1. The lowest BCUT2D eigenvalue weighted by atomic mass is 10.1. The van der Waals surface area contributed by atoms with Crippen LogP contribution in [0.3, 0.4) is 0 Å². The number of benzene rings is 1. The number of aryl methyl sites for hydroxylation is 1. The maximum absolute atomic E-state index is 13.1. The molecule has 0 aliphatic heterocycles. The second-order valence-electron chi connectivity index (χ2n) is 6.88. The van der Waals surface area contributed by atoms with Crippen molar-refractivity contribution < 1.29 is 22.4 Å². The number of carbonyl (C=O) groups excluding carboxylic acids is 1. The van der Waals surface area contributed by atoms with Gasteiger partial charge >= 0.3 is 6.18 Å². The summed E-state index contributed by atoms with van der Waals surface area (Å²) in [4.78, 5) is 12.4. The lowest BCUT2D eigenvalue weighted by Crippen LogP contribution is -2.25. The van der Waals surface area contributed by atoms with Crippen LogP contribution in [0.15, 0.2) is 36.5 Å². The van der Waals surface area contributed by atoms with Crippen LogP contribution in [-0.4, -0.2) is 25.5 Å². The molecule has 0 radical (unpaired) electrons. The Kier molecular flexibility index (Phi) is 6.16. The molecule has 11 heteroatoms. The number of nitrogens with one attached hydrogen (secondary N) is 1. The van der Waals surface area contributed by atoms with Crippen LogP contribution in [0.4, 0.5) is 23.4 Å². The van der Waals surface area contributed by atoms with Gasteiger partial charge in [-0.2, -0.15) is 23.4 Å². The molecule has 0 aliphatic rings. The van der Waals surface area contributed by atoms with Crippen molar-refractivity contribution in [2.45, 2.75) is 33.1 Å². The zero-order valence-corrected chi connectivity index (χ0v) is 16.8. The summed E-state index contributed by atoms with van der Waals surface area (Å²) in [5.41, 5.74) is -0.0322. The van der Waals surface area contributed by atoms with Crippen LogP contribution in [0.1, 0.15) is 23.9 Å². The SMILES string of the molecule is Cc1cc(C(F)(F)F)nn1C[C@H](C)C(=O)Nc1ccn(Cc2ccc(F)cc2Cl)n1. The van der Waals surface area contributed by atoms with E-state index < -0.39 is 29.5 Å². The molecule has 2 heterocycles. The molecule has 0 unspecified atom stereocenters. The summed E-state index contributed by atoms with van der Waals surface area (Å²) in [6, 6.07) is 6.54. The molecule has 2 aromatic heterocycles. The molecule has 0 saturated carbocycles. The standard InChI is InChI=1S/C19H18ClF4N5O/c1-11(9-29-12(2)7-16(26-29)19(22,23)24)18(30)25-17-5-6-28(27-17)10-13-3-4-14(21)8-15(13)20/h3-8,11H,9-10H2,1-2H3,(H,25,27,30)/t11-/m0/s1. The van der Waals surface area contributed by atoms with Crippen LogP contribution < -0.4 is 5.32 Å². The molecule has 1 atom stereocenters. The van der Waals surface area contributed by atoms with E-state index in [0.29, 0.717) is 11.3 Å². The van der Waals surface area contributed by atoms with Gasteiger partial charge in [0, 0.05) is 23.0 Å². The fourth-order valence-electron chi connectivity index (χ4n) is 2.77. The third-order valence-corrected chi connectivity index (χ3v) is 4.76. The zero-order chi connectivity index (χ0) is 22.1. The molecule has 1 amide bonds. The lowest BCUT2D eigenvalue weighted by Gasteiger charge is -2.12. The van der Waals surface area contributed by atoms with E-state index in [9.17, 15) is 22.4 Å². The Labute approximate surface area is 174 Å². The van der Waals surface area contributed by atoms with E-state index in [1.54, 1.807) is 25.3 Å². The molecule has 0 fully saturated rings. The van der Waals surface area contributed by atoms with Gasteiger partial charge in [0.15, 0.2) is 11.5 Å². The van der Waals surface area contributed by atoms with Crippen LogP contribution >= 0.6 is 11.6 Å². The topological polar surface area (TPSA) is 64.7 Å². The Morgan fingerprint density at radius 2 is 1.97 bits per heavy atom. The van der Waals surface area contributed by atoms with Gasteiger partial charge in [-0.3, -0.25) is 14.2 Å². The van der Waals surface area contributed by atoms with Crippen molar-refractivity contribution in [3.8, 4) is 0 Å². The molecular formula is C19H18ClF4N5O. The van der Waals surface area contributed by atoms with Gasteiger partial charge in [-0.1, -0.05) is 24.6 Å². The van der Waals surface area contributed by atoms with Crippen LogP contribution in [0.5, 0.6) is 0 Å². The van der Waals surface area contributed by atoms with E-state index >= 15 is 0 Å². The minimum atomic E-state index is -4.54. The Hall–Kier alpha value is -2.88. The Morgan fingerprint density at radius 3 is 2.60 bits per heavy atom. The van der Waals surface area contributed by atoms with Crippen LogP contribution in [0.25, 0.3) is 0 Å². The number of hydrogen-bond donors (Lipinski definition) is 1. The summed E-state index contributed by atoms with van der Waals surface area (Å²) < 4.78 is 54.1. The molecule has 0 bridgehead atoms. The molecule has 160 valence electrons. The highest BCUT2D eigenvalue weighted by molar-refractivity contribution is 6.31. The highest BCUT2D eigenvalue weighted by Gasteiger charge is 2.34. The number of nitrogens with zero attached hydrogens (tertiary/aromatic N) is 4. The maximum atomic E-state index is 13.1. The normalized spacial score (nSPS) is 12.8. The van der Waals surface area contributed by atoms with E-state index in [1.807, 2.05) is 0 Å². The smallest absolute Gasteiger partial charge is 0.309 e. The largest absolute Gasteiger partial charge is 0.435 e. The van der Waals surface area contributed by atoms with Gasteiger partial charge in [-0.15, -0.1) is 0 Å². The molecular weight excluding hydrogens is 426 g/mol. The van der Waals surface area contributed by atoms with Gasteiger partial charge < -0.3 is 5.32 Å². The molecule has 1 N–H and O–H groups in total. The minimum Gasteiger partial charge on any atom is -0.309 e. The number of rotatable bonds is 6. The molecule has 3 aromatic rings. The third-order valence-electron chi connectivity index (χ3n) is 4.41. The van der Waals surface area contributed by atoms with Gasteiger partial charge in [0.25, 0.3) is 0 Å². The van der Waals surface area contributed by atoms with Gasteiger partial charge in [-0.25, -0.2) is 4.39 Å². The highest BCUT2D eigenvalue weighted by Crippen LogP contribution is 2.28. The van der Waals surface area contributed by atoms with E-state index in [1.165, 1.54) is 23.7 Å². The maximum Gasteiger partial charge on any atom is 0.435 e. The van der Waals surface area contributed by atoms with E-state index in [2.05, 4.69) is 15.5 Å². The van der Waals surface area contributed by atoms with E-state index in [4.69, 9.17) is 11.6 Å². The quantitative estimate of drug-likeness (QED) is 0.570. The van der Waals surface area contributed by atoms with Crippen molar-refractivity contribution in [1.82, 2.24) is 19.6 Å².